The van der Waals surface area contributed by atoms with Crippen LogP contribution in [0, 0.1) is 20.8 Å². The van der Waals surface area contributed by atoms with Crippen LogP contribution in [0.4, 0.5) is 5.13 Å². The number of fused-ring (bicyclic) bond motifs is 2. The maximum atomic E-state index is 13.9. The number of ether oxygens (including phenoxy) is 1. The molecule has 5 aromatic rings. The van der Waals surface area contributed by atoms with Gasteiger partial charge in [0.2, 0.25) is 5.76 Å². The lowest BCUT2D eigenvalue weighted by Crippen LogP contribution is -2.29. The number of carbonyl (C=O) groups excluding carboxylic acids is 1. The van der Waals surface area contributed by atoms with Gasteiger partial charge < -0.3 is 9.15 Å². The van der Waals surface area contributed by atoms with Gasteiger partial charge in [0.15, 0.2) is 10.6 Å². The van der Waals surface area contributed by atoms with Gasteiger partial charge in [0.1, 0.15) is 17.9 Å². The fourth-order valence-corrected chi connectivity index (χ4v) is 5.78. The molecule has 3 aromatic carbocycles. The zero-order valence-corrected chi connectivity index (χ0v) is 22.5. The molecule has 3 heterocycles. The normalized spacial score (nSPS) is 14.8. The van der Waals surface area contributed by atoms with Crippen molar-refractivity contribution in [1.82, 2.24) is 4.98 Å². The van der Waals surface area contributed by atoms with Crippen molar-refractivity contribution < 1.29 is 13.9 Å². The van der Waals surface area contributed by atoms with Gasteiger partial charge in [-0.25, -0.2) is 4.98 Å². The van der Waals surface area contributed by atoms with E-state index in [1.165, 1.54) is 11.3 Å². The Kier molecular flexibility index (Phi) is 6.05. The van der Waals surface area contributed by atoms with Crippen molar-refractivity contribution in [3.05, 3.63) is 121 Å². The zero-order chi connectivity index (χ0) is 26.6. The van der Waals surface area contributed by atoms with Gasteiger partial charge in [-0.2, -0.15) is 0 Å². The summed E-state index contributed by atoms with van der Waals surface area (Å²) in [4.78, 5) is 35.0. The first kappa shape index (κ1) is 24.4. The largest absolute Gasteiger partial charge is 0.489 e. The predicted octanol–water partition coefficient (Wildman–Crippen LogP) is 7.16. The van der Waals surface area contributed by atoms with Gasteiger partial charge in [-0.1, -0.05) is 54.1 Å². The molecule has 0 aliphatic carbocycles. The highest BCUT2D eigenvalue weighted by molar-refractivity contribution is 7.15. The lowest BCUT2D eigenvalue weighted by atomic mass is 9.98. The number of carbonyl (C=O) groups is 1. The van der Waals surface area contributed by atoms with Crippen molar-refractivity contribution in [3.63, 3.8) is 0 Å². The summed E-state index contributed by atoms with van der Waals surface area (Å²) < 4.78 is 12.2. The van der Waals surface area contributed by atoms with Gasteiger partial charge in [0.25, 0.3) is 5.91 Å². The minimum absolute atomic E-state index is 0.0235. The van der Waals surface area contributed by atoms with Gasteiger partial charge in [-0.05, 0) is 61.7 Å². The van der Waals surface area contributed by atoms with E-state index in [0.29, 0.717) is 33.5 Å². The zero-order valence-electron chi connectivity index (χ0n) is 20.9. The van der Waals surface area contributed by atoms with Crippen LogP contribution in [0.2, 0.25) is 5.02 Å². The first-order valence-electron chi connectivity index (χ1n) is 12.1. The van der Waals surface area contributed by atoms with Crippen molar-refractivity contribution in [2.45, 2.75) is 33.4 Å². The number of thiazole rings is 1. The summed E-state index contributed by atoms with van der Waals surface area (Å²) in [5, 5.41) is 1.31. The molecule has 0 spiro atoms. The summed E-state index contributed by atoms with van der Waals surface area (Å²) >= 11 is 7.77. The summed E-state index contributed by atoms with van der Waals surface area (Å²) in [7, 11) is 0. The molecule has 0 N–H and O–H groups in total. The summed E-state index contributed by atoms with van der Waals surface area (Å²) in [5.74, 6) is 0.249. The van der Waals surface area contributed by atoms with E-state index in [4.69, 9.17) is 20.8 Å². The molecular formula is C30H23ClN2O4S. The van der Waals surface area contributed by atoms with Crippen LogP contribution >= 0.6 is 22.9 Å². The van der Waals surface area contributed by atoms with E-state index in [1.807, 2.05) is 75.4 Å². The molecule has 0 radical (unpaired) electrons. The molecule has 1 aliphatic heterocycles. The number of halogens is 1. The monoisotopic (exact) mass is 542 g/mol. The quantitative estimate of drug-likeness (QED) is 0.236. The second-order valence-electron chi connectivity index (χ2n) is 9.33. The van der Waals surface area contributed by atoms with Crippen molar-refractivity contribution in [2.75, 3.05) is 4.90 Å². The second kappa shape index (κ2) is 9.42. The molecule has 38 heavy (non-hydrogen) atoms. The number of aryl methyl sites for hydroxylation is 3. The maximum Gasteiger partial charge on any atom is 0.297 e. The highest BCUT2D eigenvalue weighted by Gasteiger charge is 2.45. The molecule has 0 bridgehead atoms. The predicted molar refractivity (Wildman–Crippen MR) is 150 cm³/mol. The number of anilines is 1. The Labute approximate surface area is 228 Å². The second-order valence-corrected chi connectivity index (χ2v) is 10.9. The molecule has 8 heteroatoms. The van der Waals surface area contributed by atoms with Crippen molar-refractivity contribution in [2.24, 2.45) is 0 Å². The van der Waals surface area contributed by atoms with Gasteiger partial charge in [0.05, 0.1) is 22.7 Å². The summed E-state index contributed by atoms with van der Waals surface area (Å²) in [5.41, 5.74) is 3.66. The summed E-state index contributed by atoms with van der Waals surface area (Å²) in [6, 6.07) is 19.9. The fourth-order valence-electron chi connectivity index (χ4n) is 4.68. The Bertz CT molecular complexity index is 1760. The number of amides is 1. The summed E-state index contributed by atoms with van der Waals surface area (Å²) in [6.07, 6.45) is 0. The molecule has 0 saturated carbocycles. The van der Waals surface area contributed by atoms with E-state index in [0.717, 1.165) is 27.3 Å². The highest BCUT2D eigenvalue weighted by atomic mass is 35.5. The molecule has 6 rings (SSSR count). The van der Waals surface area contributed by atoms with E-state index in [9.17, 15) is 9.59 Å². The smallest absolute Gasteiger partial charge is 0.297 e. The lowest BCUT2D eigenvalue weighted by molar-refractivity contribution is 0.0971. The number of benzene rings is 3. The van der Waals surface area contributed by atoms with Crippen LogP contribution in [0.25, 0.3) is 11.0 Å². The molecular weight excluding hydrogens is 520 g/mol. The van der Waals surface area contributed by atoms with Crippen LogP contribution in [0.1, 0.15) is 49.4 Å². The summed E-state index contributed by atoms with van der Waals surface area (Å²) in [6.45, 7) is 6.08. The van der Waals surface area contributed by atoms with Crippen LogP contribution < -0.4 is 15.1 Å². The Morgan fingerprint density at radius 2 is 1.82 bits per heavy atom. The average molecular weight is 543 g/mol. The van der Waals surface area contributed by atoms with E-state index >= 15 is 0 Å². The Balaban J connectivity index is 1.51. The number of hydrogen-bond donors (Lipinski definition) is 0. The van der Waals surface area contributed by atoms with Crippen LogP contribution in [0.5, 0.6) is 5.75 Å². The number of rotatable bonds is 5. The molecule has 6 nitrogen and oxygen atoms in total. The van der Waals surface area contributed by atoms with E-state index in [2.05, 4.69) is 4.98 Å². The number of nitrogens with zero attached hydrogens (tertiary/aromatic N) is 2. The maximum absolute atomic E-state index is 13.9. The highest BCUT2D eigenvalue weighted by Crippen LogP contribution is 2.43. The minimum Gasteiger partial charge on any atom is -0.489 e. The first-order chi connectivity index (χ1) is 18.3. The third kappa shape index (κ3) is 4.08. The lowest BCUT2D eigenvalue weighted by Gasteiger charge is -2.23. The van der Waals surface area contributed by atoms with Gasteiger partial charge in [-0.3, -0.25) is 14.5 Å². The Hall–Kier alpha value is -3.94. The van der Waals surface area contributed by atoms with Crippen LogP contribution in [0.15, 0.2) is 75.9 Å². The van der Waals surface area contributed by atoms with Gasteiger partial charge in [-0.15, -0.1) is 11.3 Å². The Morgan fingerprint density at radius 3 is 2.55 bits per heavy atom. The van der Waals surface area contributed by atoms with E-state index in [1.54, 1.807) is 17.0 Å². The van der Waals surface area contributed by atoms with Crippen LogP contribution in [0.3, 0.4) is 0 Å². The average Bonchev–Trinajstić information content (AvgIpc) is 3.40. The van der Waals surface area contributed by atoms with Gasteiger partial charge >= 0.3 is 0 Å². The number of hydrogen-bond acceptors (Lipinski definition) is 6. The molecule has 190 valence electrons. The van der Waals surface area contributed by atoms with E-state index < -0.39 is 11.9 Å². The third-order valence-electron chi connectivity index (χ3n) is 6.80. The molecule has 1 unspecified atom stereocenters. The van der Waals surface area contributed by atoms with E-state index in [-0.39, 0.29) is 16.8 Å². The Morgan fingerprint density at radius 1 is 1.03 bits per heavy atom. The minimum atomic E-state index is -0.733. The first-order valence-corrected chi connectivity index (χ1v) is 13.3. The van der Waals surface area contributed by atoms with Gasteiger partial charge in [0, 0.05) is 9.90 Å². The van der Waals surface area contributed by atoms with Crippen molar-refractivity contribution in [1.29, 1.82) is 0 Å². The molecule has 1 amide bonds. The topological polar surface area (TPSA) is 72.6 Å². The van der Waals surface area contributed by atoms with Crippen molar-refractivity contribution >= 4 is 44.9 Å². The molecule has 0 fully saturated rings. The van der Waals surface area contributed by atoms with Crippen LogP contribution in [-0.4, -0.2) is 10.9 Å². The number of aromatic nitrogens is 1. The fraction of sp³-hybridized carbons (Fsp3) is 0.167. The van der Waals surface area contributed by atoms with Crippen LogP contribution in [-0.2, 0) is 6.61 Å². The molecule has 1 aliphatic rings. The van der Waals surface area contributed by atoms with Crippen molar-refractivity contribution in [3.8, 4) is 5.75 Å². The molecule has 2 aromatic heterocycles. The molecule has 1 atom stereocenters. The SMILES string of the molecule is Cc1cc2oc3c(c(=O)c2cc1Cl)C(c1cccc(OCc2ccccc2)c1)N(c1nc(C)c(C)s1)C3=O. The molecule has 0 saturated heterocycles. The third-order valence-corrected chi connectivity index (χ3v) is 8.28. The standard InChI is InChI=1S/C30H23ClN2O4S/c1-16-12-24-22(14-23(16)31)27(34)25-26(33(29(35)28(25)37-24)30-32-17(2)18(3)38-30)20-10-7-11-21(13-20)36-15-19-8-5-4-6-9-19/h4-14,26H,15H2,1-3H3.